The number of rotatable bonds is 6. The fourth-order valence-corrected chi connectivity index (χ4v) is 5.18. The molecule has 0 spiro atoms. The molecule has 202 valence electrons. The largest absolute Gasteiger partial charge is 0.507 e. The lowest BCUT2D eigenvalue weighted by Gasteiger charge is -2.28. The van der Waals surface area contributed by atoms with Crippen LogP contribution in [-0.4, -0.2) is 50.1 Å². The number of benzene rings is 3. The van der Waals surface area contributed by atoms with Gasteiger partial charge < -0.3 is 19.6 Å². The monoisotopic (exact) mass is 533 g/mol. The number of anilines is 3. The highest BCUT2D eigenvalue weighted by Crippen LogP contribution is 2.44. The summed E-state index contributed by atoms with van der Waals surface area (Å²) in [5, 5.41) is 11.5. The van der Waals surface area contributed by atoms with Gasteiger partial charge in [-0.3, -0.25) is 14.5 Å². The van der Waals surface area contributed by atoms with Gasteiger partial charge in [0.1, 0.15) is 29.8 Å². The molecule has 2 aliphatic heterocycles. The van der Waals surface area contributed by atoms with Crippen LogP contribution in [0.5, 0.6) is 5.75 Å². The zero-order valence-corrected chi connectivity index (χ0v) is 21.9. The number of hydrogen-bond acceptors (Lipinski definition) is 6. The molecule has 5 rings (SSSR count). The van der Waals surface area contributed by atoms with Crippen molar-refractivity contribution < 1.29 is 28.2 Å². The number of ether oxygens (including phenoxy) is 1. The van der Waals surface area contributed by atoms with Crippen molar-refractivity contribution in [3.05, 3.63) is 89.0 Å². The average molecular weight is 534 g/mol. The number of hydrogen-bond donors (Lipinski definition) is 1. The van der Waals surface area contributed by atoms with E-state index in [-0.39, 0.29) is 11.3 Å². The van der Waals surface area contributed by atoms with Crippen LogP contribution in [0, 0.1) is 11.6 Å². The fraction of sp³-hybridized carbons (Fsp3) is 0.267. The van der Waals surface area contributed by atoms with Gasteiger partial charge in [0.15, 0.2) is 0 Å². The van der Waals surface area contributed by atoms with E-state index in [4.69, 9.17) is 4.74 Å². The van der Waals surface area contributed by atoms with Gasteiger partial charge in [0, 0.05) is 37.5 Å². The molecule has 9 heteroatoms. The van der Waals surface area contributed by atoms with Gasteiger partial charge in [-0.25, -0.2) is 8.78 Å². The quantitative estimate of drug-likeness (QED) is 0.265. The summed E-state index contributed by atoms with van der Waals surface area (Å²) in [6, 6.07) is 13.7. The summed E-state index contributed by atoms with van der Waals surface area (Å²) in [5.41, 5.74) is 1.82. The van der Waals surface area contributed by atoms with Gasteiger partial charge in [-0.15, -0.1) is 0 Å². The van der Waals surface area contributed by atoms with E-state index < -0.39 is 35.1 Å². The number of amides is 1. The summed E-state index contributed by atoms with van der Waals surface area (Å²) < 4.78 is 34.9. The molecule has 1 atom stereocenters. The molecule has 3 aromatic rings. The minimum atomic E-state index is -1.18. The third-order valence-electron chi connectivity index (χ3n) is 7.28. The minimum absolute atomic E-state index is 0.210. The minimum Gasteiger partial charge on any atom is -0.507 e. The molecular weight excluding hydrogens is 504 g/mol. The first-order valence-corrected chi connectivity index (χ1v) is 12.8. The number of Topliss-reactive ketones (excluding diaryl/α,β-unsaturated/α-hetero) is 1. The smallest absolute Gasteiger partial charge is 0.300 e. The van der Waals surface area contributed by atoms with Gasteiger partial charge >= 0.3 is 0 Å². The molecular formula is C30H29F2N3O4. The predicted octanol–water partition coefficient (Wildman–Crippen LogP) is 5.27. The van der Waals surface area contributed by atoms with Crippen LogP contribution in [0.3, 0.4) is 0 Å². The topological polar surface area (TPSA) is 73.3 Å². The molecule has 0 bridgehead atoms. The second-order valence-electron chi connectivity index (χ2n) is 9.48. The van der Waals surface area contributed by atoms with Crippen LogP contribution in [-0.2, 0) is 9.59 Å². The lowest BCUT2D eigenvalue weighted by Crippen LogP contribution is -2.30. The summed E-state index contributed by atoms with van der Waals surface area (Å²) in [5.74, 6) is -3.45. The second-order valence-corrected chi connectivity index (χ2v) is 9.48. The van der Waals surface area contributed by atoms with Gasteiger partial charge in [-0.1, -0.05) is 12.1 Å². The number of aliphatic hydroxyl groups is 1. The second kappa shape index (κ2) is 10.4. The van der Waals surface area contributed by atoms with Crippen LogP contribution in [0.15, 0.2) is 66.2 Å². The van der Waals surface area contributed by atoms with Gasteiger partial charge in [0.05, 0.1) is 29.5 Å². The average Bonchev–Trinajstić information content (AvgIpc) is 3.20. The summed E-state index contributed by atoms with van der Waals surface area (Å²) in [6.07, 6.45) is 0. The van der Waals surface area contributed by atoms with Crippen LogP contribution in [0.1, 0.15) is 31.0 Å². The van der Waals surface area contributed by atoms with E-state index in [1.807, 2.05) is 37.9 Å². The van der Waals surface area contributed by atoms with Gasteiger partial charge in [0.25, 0.3) is 11.7 Å². The van der Waals surface area contributed by atoms with Gasteiger partial charge in [0.2, 0.25) is 0 Å². The summed E-state index contributed by atoms with van der Waals surface area (Å²) in [7, 11) is 1.88. The molecule has 3 aromatic carbocycles. The van der Waals surface area contributed by atoms with Crippen molar-refractivity contribution in [3.8, 4) is 5.75 Å². The van der Waals surface area contributed by atoms with Crippen molar-refractivity contribution in [2.75, 3.05) is 48.0 Å². The number of halogens is 2. The number of likely N-dealkylation sites (N-methyl/N-ethyl adjacent to an activating group) is 1. The third-order valence-corrected chi connectivity index (χ3v) is 7.28. The Balaban J connectivity index is 1.69. The molecule has 2 heterocycles. The number of carbonyl (C=O) groups is 2. The molecule has 7 nitrogen and oxygen atoms in total. The lowest BCUT2D eigenvalue weighted by molar-refractivity contribution is -0.132. The van der Waals surface area contributed by atoms with Crippen molar-refractivity contribution in [2.45, 2.75) is 19.9 Å². The van der Waals surface area contributed by atoms with Gasteiger partial charge in [-0.05, 0) is 61.9 Å². The molecule has 0 aromatic heterocycles. The first-order chi connectivity index (χ1) is 18.7. The highest BCUT2D eigenvalue weighted by molar-refractivity contribution is 6.51. The Hall–Kier alpha value is -4.40. The normalized spacial score (nSPS) is 18.2. The fourth-order valence-electron chi connectivity index (χ4n) is 5.18. The lowest BCUT2D eigenvalue weighted by atomic mass is 9.94. The number of aliphatic hydroxyl groups excluding tert-OH is 1. The number of fused-ring (bicyclic) bond motifs is 1. The van der Waals surface area contributed by atoms with E-state index >= 15 is 0 Å². The van der Waals surface area contributed by atoms with E-state index in [9.17, 15) is 23.5 Å². The first-order valence-electron chi connectivity index (χ1n) is 12.8. The molecule has 1 N–H and O–H groups in total. The Morgan fingerprint density at radius 2 is 1.72 bits per heavy atom. The first kappa shape index (κ1) is 26.2. The zero-order valence-electron chi connectivity index (χ0n) is 21.9. The Labute approximate surface area is 225 Å². The van der Waals surface area contributed by atoms with Crippen LogP contribution in [0.2, 0.25) is 0 Å². The van der Waals surface area contributed by atoms with E-state index in [0.717, 1.165) is 47.6 Å². The molecule has 1 amide bonds. The van der Waals surface area contributed by atoms with Crippen molar-refractivity contribution in [1.29, 1.82) is 0 Å². The highest BCUT2D eigenvalue weighted by Gasteiger charge is 2.48. The SMILES string of the molecule is CCN(CC)c1ccc(C2/C(=C(/O)c3ccc4c(c3)N(C)CCO4)C(=O)C(=O)N2c2cc(F)ccc2F)cc1. The number of nitrogens with zero attached hydrogens (tertiary/aromatic N) is 3. The molecule has 2 aliphatic rings. The molecule has 39 heavy (non-hydrogen) atoms. The van der Waals surface area contributed by atoms with Crippen molar-refractivity contribution in [1.82, 2.24) is 0 Å². The molecule has 1 unspecified atom stereocenters. The third kappa shape index (κ3) is 4.58. The van der Waals surface area contributed by atoms with Crippen LogP contribution >= 0.6 is 0 Å². The molecule has 0 aliphatic carbocycles. The van der Waals surface area contributed by atoms with E-state index in [2.05, 4.69) is 4.90 Å². The Bertz CT molecular complexity index is 1470. The predicted molar refractivity (Wildman–Crippen MR) is 146 cm³/mol. The van der Waals surface area contributed by atoms with Crippen LogP contribution in [0.25, 0.3) is 5.76 Å². The number of carbonyl (C=O) groups excluding carboxylic acids is 2. The Morgan fingerprint density at radius 1 is 1.00 bits per heavy atom. The zero-order chi connectivity index (χ0) is 27.8. The molecule has 1 fully saturated rings. The van der Waals surface area contributed by atoms with E-state index in [0.29, 0.717) is 30.0 Å². The standard InChI is InChI=1S/C30H29F2N3O4/c1-4-34(5-2)21-10-6-18(7-11-21)27-26(28(36)19-8-13-25-24(16-19)33(3)14-15-39-25)29(37)30(38)35(27)23-17-20(31)9-12-22(23)32/h6-13,16-17,27,36H,4-5,14-15H2,1-3H3/b28-26-. The van der Waals surface area contributed by atoms with Crippen LogP contribution in [0.4, 0.5) is 25.8 Å². The van der Waals surface area contributed by atoms with E-state index in [1.54, 1.807) is 30.3 Å². The Morgan fingerprint density at radius 3 is 2.41 bits per heavy atom. The Kier molecular flexibility index (Phi) is 6.99. The molecule has 0 saturated carbocycles. The van der Waals surface area contributed by atoms with Crippen molar-refractivity contribution in [2.24, 2.45) is 0 Å². The maximum atomic E-state index is 15.0. The highest BCUT2D eigenvalue weighted by atomic mass is 19.1. The van der Waals surface area contributed by atoms with E-state index in [1.165, 1.54) is 0 Å². The molecule has 0 radical (unpaired) electrons. The molecule has 1 saturated heterocycles. The summed E-state index contributed by atoms with van der Waals surface area (Å²) in [6.45, 7) is 6.76. The van der Waals surface area contributed by atoms with Gasteiger partial charge in [-0.2, -0.15) is 0 Å². The maximum absolute atomic E-state index is 15.0. The number of ketones is 1. The summed E-state index contributed by atoms with van der Waals surface area (Å²) >= 11 is 0. The maximum Gasteiger partial charge on any atom is 0.300 e. The van der Waals surface area contributed by atoms with Crippen molar-refractivity contribution >= 4 is 34.5 Å². The van der Waals surface area contributed by atoms with Crippen LogP contribution < -0.4 is 19.4 Å². The van der Waals surface area contributed by atoms with Crippen molar-refractivity contribution in [3.63, 3.8) is 0 Å². The summed E-state index contributed by atoms with van der Waals surface area (Å²) in [4.78, 5) is 31.8.